The summed E-state index contributed by atoms with van der Waals surface area (Å²) in [6.07, 6.45) is 1.28. The van der Waals surface area contributed by atoms with Gasteiger partial charge in [-0.2, -0.15) is 0 Å². The summed E-state index contributed by atoms with van der Waals surface area (Å²) in [4.78, 5) is 16.4. The number of carbonyl (C=O) groups excluding carboxylic acids is 1. The van der Waals surface area contributed by atoms with Crippen LogP contribution in [0.15, 0.2) is 30.3 Å². The fourth-order valence-electron chi connectivity index (χ4n) is 2.03. The number of nitrogens with one attached hydrogen (secondary N) is 1. The van der Waals surface area contributed by atoms with Gasteiger partial charge < -0.3 is 5.32 Å². The number of pyridine rings is 1. The predicted octanol–water partition coefficient (Wildman–Crippen LogP) is 3.00. The lowest BCUT2D eigenvalue weighted by Crippen LogP contribution is -2.33. The average Bonchev–Trinajstić information content (AvgIpc) is 2.39. The van der Waals surface area contributed by atoms with Crippen molar-refractivity contribution in [2.24, 2.45) is 0 Å². The van der Waals surface area contributed by atoms with E-state index in [4.69, 9.17) is 0 Å². The zero-order valence-corrected chi connectivity index (χ0v) is 11.7. The molecule has 1 unspecified atom stereocenters. The van der Waals surface area contributed by atoms with E-state index < -0.39 is 0 Å². The summed E-state index contributed by atoms with van der Waals surface area (Å²) < 4.78 is 0. The molecule has 0 spiro atoms. The molecule has 2 aromatic rings. The highest BCUT2D eigenvalue weighted by Crippen LogP contribution is 2.16. The van der Waals surface area contributed by atoms with Crippen molar-refractivity contribution < 1.29 is 4.79 Å². The van der Waals surface area contributed by atoms with Crippen molar-refractivity contribution in [3.05, 3.63) is 41.6 Å². The third kappa shape index (κ3) is 3.31. The van der Waals surface area contributed by atoms with Crippen LogP contribution in [0.5, 0.6) is 0 Å². The number of amides is 1. The number of nitrogens with zero attached hydrogens (tertiary/aromatic N) is 1. The minimum Gasteiger partial charge on any atom is -0.353 e. The van der Waals surface area contributed by atoms with E-state index in [0.717, 1.165) is 28.6 Å². The number of aromatic nitrogens is 1. The van der Waals surface area contributed by atoms with Crippen molar-refractivity contribution >= 4 is 16.8 Å². The molecule has 0 bridgehead atoms. The molecule has 1 heterocycles. The first-order valence-electron chi connectivity index (χ1n) is 6.74. The monoisotopic (exact) mass is 256 g/mol. The first-order chi connectivity index (χ1) is 9.10. The smallest absolute Gasteiger partial charge is 0.226 e. The third-order valence-corrected chi connectivity index (χ3v) is 3.34. The van der Waals surface area contributed by atoms with Crippen LogP contribution in [0, 0.1) is 6.92 Å². The van der Waals surface area contributed by atoms with Gasteiger partial charge in [0, 0.05) is 11.4 Å². The third-order valence-electron chi connectivity index (χ3n) is 3.34. The van der Waals surface area contributed by atoms with E-state index in [2.05, 4.69) is 17.2 Å². The Morgan fingerprint density at radius 3 is 2.84 bits per heavy atom. The predicted molar refractivity (Wildman–Crippen MR) is 78.1 cm³/mol. The first-order valence-corrected chi connectivity index (χ1v) is 6.74. The Kier molecular flexibility index (Phi) is 4.15. The van der Waals surface area contributed by atoms with Crippen LogP contribution < -0.4 is 5.32 Å². The topological polar surface area (TPSA) is 42.0 Å². The van der Waals surface area contributed by atoms with Gasteiger partial charge in [0.15, 0.2) is 0 Å². The number of fused-ring (bicyclic) bond motifs is 1. The summed E-state index contributed by atoms with van der Waals surface area (Å²) >= 11 is 0. The number of aryl methyl sites for hydroxylation is 1. The standard InChI is InChI=1S/C16H20N2O/c1-4-12(3)17-15(19)10-14-9-8-13-7-5-6-11(2)16(13)18-14/h5-9,12H,4,10H2,1-3H3,(H,17,19). The molecule has 0 aliphatic heterocycles. The second-order valence-corrected chi connectivity index (χ2v) is 5.00. The lowest BCUT2D eigenvalue weighted by Gasteiger charge is -2.11. The molecule has 0 aliphatic carbocycles. The van der Waals surface area contributed by atoms with Gasteiger partial charge in [-0.15, -0.1) is 0 Å². The van der Waals surface area contributed by atoms with Gasteiger partial charge in [0.25, 0.3) is 0 Å². The van der Waals surface area contributed by atoms with Crippen LogP contribution in [0.4, 0.5) is 0 Å². The minimum atomic E-state index is 0.0368. The molecular weight excluding hydrogens is 236 g/mol. The van der Waals surface area contributed by atoms with Crippen molar-refractivity contribution in [3.8, 4) is 0 Å². The number of hydrogen-bond acceptors (Lipinski definition) is 2. The van der Waals surface area contributed by atoms with Crippen LogP contribution in [-0.2, 0) is 11.2 Å². The Bertz CT molecular complexity index is 592. The van der Waals surface area contributed by atoms with Crippen LogP contribution in [-0.4, -0.2) is 16.9 Å². The maximum atomic E-state index is 11.9. The zero-order valence-electron chi connectivity index (χ0n) is 11.7. The zero-order chi connectivity index (χ0) is 13.8. The molecule has 19 heavy (non-hydrogen) atoms. The molecule has 2 rings (SSSR count). The molecule has 0 saturated carbocycles. The van der Waals surface area contributed by atoms with E-state index in [1.54, 1.807) is 0 Å². The van der Waals surface area contributed by atoms with Gasteiger partial charge in [-0.3, -0.25) is 9.78 Å². The largest absolute Gasteiger partial charge is 0.353 e. The average molecular weight is 256 g/mol. The normalized spacial score (nSPS) is 12.4. The highest BCUT2D eigenvalue weighted by Gasteiger charge is 2.08. The van der Waals surface area contributed by atoms with Gasteiger partial charge in [-0.05, 0) is 31.9 Å². The number of hydrogen-bond donors (Lipinski definition) is 1. The Labute approximate surface area is 114 Å². The summed E-state index contributed by atoms with van der Waals surface area (Å²) in [6.45, 7) is 6.11. The lowest BCUT2D eigenvalue weighted by atomic mass is 10.1. The molecule has 1 atom stereocenters. The van der Waals surface area contributed by atoms with E-state index in [9.17, 15) is 4.79 Å². The Balaban J connectivity index is 2.17. The van der Waals surface area contributed by atoms with Crippen molar-refractivity contribution in [1.82, 2.24) is 10.3 Å². The quantitative estimate of drug-likeness (QED) is 0.913. The van der Waals surface area contributed by atoms with Gasteiger partial charge in [-0.1, -0.05) is 31.2 Å². The second-order valence-electron chi connectivity index (χ2n) is 5.00. The number of benzene rings is 1. The molecule has 3 heteroatoms. The van der Waals surface area contributed by atoms with Crippen LogP contribution in [0.2, 0.25) is 0 Å². The lowest BCUT2D eigenvalue weighted by molar-refractivity contribution is -0.121. The number of carbonyl (C=O) groups is 1. The molecule has 1 N–H and O–H groups in total. The fraction of sp³-hybridized carbons (Fsp3) is 0.375. The van der Waals surface area contributed by atoms with E-state index in [1.807, 2.05) is 44.2 Å². The van der Waals surface area contributed by atoms with Crippen LogP contribution >= 0.6 is 0 Å². The number of rotatable bonds is 4. The van der Waals surface area contributed by atoms with E-state index in [1.165, 1.54) is 0 Å². The molecule has 1 aromatic heterocycles. The Morgan fingerprint density at radius 2 is 2.11 bits per heavy atom. The van der Waals surface area contributed by atoms with Crippen molar-refractivity contribution in [2.75, 3.05) is 0 Å². The molecule has 0 saturated heterocycles. The minimum absolute atomic E-state index is 0.0368. The van der Waals surface area contributed by atoms with Gasteiger partial charge >= 0.3 is 0 Å². The molecule has 0 aliphatic rings. The Hall–Kier alpha value is -1.90. The van der Waals surface area contributed by atoms with Gasteiger partial charge in [0.1, 0.15) is 0 Å². The maximum Gasteiger partial charge on any atom is 0.226 e. The second kappa shape index (κ2) is 5.83. The van der Waals surface area contributed by atoms with Crippen molar-refractivity contribution in [1.29, 1.82) is 0 Å². The number of para-hydroxylation sites is 1. The molecule has 100 valence electrons. The van der Waals surface area contributed by atoms with Crippen molar-refractivity contribution in [2.45, 2.75) is 39.7 Å². The SMILES string of the molecule is CCC(C)NC(=O)Cc1ccc2cccc(C)c2n1. The van der Waals surface area contributed by atoms with Crippen molar-refractivity contribution in [3.63, 3.8) is 0 Å². The Morgan fingerprint density at radius 1 is 1.32 bits per heavy atom. The maximum absolute atomic E-state index is 11.9. The molecule has 3 nitrogen and oxygen atoms in total. The van der Waals surface area contributed by atoms with E-state index in [-0.39, 0.29) is 11.9 Å². The summed E-state index contributed by atoms with van der Waals surface area (Å²) in [5, 5.41) is 4.08. The van der Waals surface area contributed by atoms with Crippen LogP contribution in [0.25, 0.3) is 10.9 Å². The molecule has 0 fully saturated rings. The van der Waals surface area contributed by atoms with E-state index >= 15 is 0 Å². The van der Waals surface area contributed by atoms with Gasteiger partial charge in [0.2, 0.25) is 5.91 Å². The van der Waals surface area contributed by atoms with E-state index in [0.29, 0.717) is 6.42 Å². The molecule has 0 radical (unpaired) electrons. The summed E-state index contributed by atoms with van der Waals surface area (Å²) in [6, 6.07) is 10.3. The summed E-state index contributed by atoms with van der Waals surface area (Å²) in [5.74, 6) is 0.0368. The summed E-state index contributed by atoms with van der Waals surface area (Å²) in [7, 11) is 0. The fourth-order valence-corrected chi connectivity index (χ4v) is 2.03. The summed E-state index contributed by atoms with van der Waals surface area (Å²) in [5.41, 5.74) is 2.95. The first kappa shape index (κ1) is 13.5. The van der Waals surface area contributed by atoms with Gasteiger partial charge in [0.05, 0.1) is 17.6 Å². The van der Waals surface area contributed by atoms with Crippen LogP contribution in [0.1, 0.15) is 31.5 Å². The van der Waals surface area contributed by atoms with Gasteiger partial charge in [-0.25, -0.2) is 0 Å². The molecular formula is C16H20N2O. The van der Waals surface area contributed by atoms with Crippen LogP contribution in [0.3, 0.4) is 0 Å². The molecule has 1 amide bonds. The highest BCUT2D eigenvalue weighted by molar-refractivity contribution is 5.83. The highest BCUT2D eigenvalue weighted by atomic mass is 16.1. The molecule has 1 aromatic carbocycles.